The molecule has 1 N–H and O–H groups in total. The van der Waals surface area contributed by atoms with Gasteiger partial charge in [-0.05, 0) is 12.1 Å². The second-order valence-corrected chi connectivity index (χ2v) is 6.11. The van der Waals surface area contributed by atoms with E-state index in [2.05, 4.69) is 5.32 Å². The van der Waals surface area contributed by atoms with Gasteiger partial charge < -0.3 is 10.1 Å². The van der Waals surface area contributed by atoms with E-state index in [0.717, 1.165) is 17.1 Å². The van der Waals surface area contributed by atoms with E-state index in [1.165, 1.54) is 14.0 Å². The van der Waals surface area contributed by atoms with Crippen molar-refractivity contribution < 1.29 is 14.3 Å². The van der Waals surface area contributed by atoms with Gasteiger partial charge in [0.25, 0.3) is 0 Å². The average Bonchev–Trinajstić information content (AvgIpc) is 3.12. The Morgan fingerprint density at radius 3 is 2.30 bits per heavy atom. The molecule has 138 valence electrons. The summed E-state index contributed by atoms with van der Waals surface area (Å²) in [4.78, 5) is 28.2. The monoisotopic (exact) mass is 363 g/mol. The standard InChI is InChI=1S/C21H21N3O3/c1-15(25)22-19(21(26)27-2)13-17-14-24(18-11-7-4-8-12-18)20(23-17)16-9-5-3-6-10-16/h3-12,14,19H,13H2,1-2H3,(H,22,25)/t19-/m0/s1. The topological polar surface area (TPSA) is 73.2 Å². The molecule has 0 aliphatic heterocycles. The number of hydrogen-bond acceptors (Lipinski definition) is 4. The fourth-order valence-electron chi connectivity index (χ4n) is 2.89. The van der Waals surface area contributed by atoms with Crippen molar-refractivity contribution >= 4 is 11.9 Å². The number of hydrogen-bond donors (Lipinski definition) is 1. The number of esters is 1. The largest absolute Gasteiger partial charge is 0.467 e. The number of nitrogens with one attached hydrogen (secondary N) is 1. The Morgan fingerprint density at radius 1 is 1.07 bits per heavy atom. The van der Waals surface area contributed by atoms with Crippen molar-refractivity contribution in [1.29, 1.82) is 0 Å². The zero-order chi connectivity index (χ0) is 19.2. The van der Waals surface area contributed by atoms with Crippen molar-refractivity contribution in [3.8, 4) is 17.1 Å². The molecule has 0 unspecified atom stereocenters. The Labute approximate surface area is 157 Å². The fourth-order valence-corrected chi connectivity index (χ4v) is 2.89. The second kappa shape index (κ2) is 8.31. The maximum absolute atomic E-state index is 12.0. The fraction of sp³-hybridized carbons (Fsp3) is 0.190. The van der Waals surface area contributed by atoms with Gasteiger partial charge in [-0.15, -0.1) is 0 Å². The van der Waals surface area contributed by atoms with Crippen molar-refractivity contribution in [3.05, 3.63) is 72.6 Å². The summed E-state index contributed by atoms with van der Waals surface area (Å²) >= 11 is 0. The quantitative estimate of drug-likeness (QED) is 0.684. The number of imidazole rings is 1. The molecule has 0 saturated carbocycles. The van der Waals surface area contributed by atoms with E-state index >= 15 is 0 Å². The summed E-state index contributed by atoms with van der Waals surface area (Å²) in [6.45, 7) is 1.37. The van der Waals surface area contributed by atoms with Gasteiger partial charge in [-0.1, -0.05) is 48.5 Å². The summed E-state index contributed by atoms with van der Waals surface area (Å²) in [7, 11) is 1.30. The minimum absolute atomic E-state index is 0.242. The van der Waals surface area contributed by atoms with Gasteiger partial charge >= 0.3 is 5.97 Å². The van der Waals surface area contributed by atoms with Crippen LogP contribution in [0.3, 0.4) is 0 Å². The SMILES string of the molecule is COC(=O)[C@H](Cc1cn(-c2ccccc2)c(-c2ccccc2)n1)NC(C)=O. The van der Waals surface area contributed by atoms with E-state index in [1.807, 2.05) is 71.4 Å². The summed E-state index contributed by atoms with van der Waals surface area (Å²) in [5.41, 5.74) is 2.60. The van der Waals surface area contributed by atoms with E-state index < -0.39 is 12.0 Å². The minimum atomic E-state index is -0.782. The number of benzene rings is 2. The molecule has 3 rings (SSSR count). The molecule has 0 aliphatic carbocycles. The van der Waals surface area contributed by atoms with Gasteiger partial charge in [0.1, 0.15) is 11.9 Å². The molecule has 3 aromatic rings. The molecular weight excluding hydrogens is 342 g/mol. The van der Waals surface area contributed by atoms with Gasteiger partial charge in [-0.3, -0.25) is 9.36 Å². The van der Waals surface area contributed by atoms with E-state index in [-0.39, 0.29) is 12.3 Å². The zero-order valence-corrected chi connectivity index (χ0v) is 15.3. The predicted octanol–water partition coefficient (Wildman–Crippen LogP) is 2.76. The van der Waals surface area contributed by atoms with Crippen molar-refractivity contribution in [2.75, 3.05) is 7.11 Å². The van der Waals surface area contributed by atoms with E-state index in [4.69, 9.17) is 9.72 Å². The summed E-state index contributed by atoms with van der Waals surface area (Å²) in [5, 5.41) is 2.62. The lowest BCUT2D eigenvalue weighted by Gasteiger charge is -2.13. The lowest BCUT2D eigenvalue weighted by molar-refractivity contribution is -0.144. The highest BCUT2D eigenvalue weighted by molar-refractivity contribution is 5.83. The molecule has 6 nitrogen and oxygen atoms in total. The Morgan fingerprint density at radius 2 is 1.70 bits per heavy atom. The molecule has 0 bridgehead atoms. The molecule has 1 amide bonds. The van der Waals surface area contributed by atoms with Crippen LogP contribution in [0.2, 0.25) is 0 Å². The lowest BCUT2D eigenvalue weighted by Crippen LogP contribution is -2.42. The summed E-state index contributed by atoms with van der Waals surface area (Å²) in [5.74, 6) is -0.0277. The first-order chi connectivity index (χ1) is 13.1. The molecule has 0 fully saturated rings. The number of ether oxygens (including phenoxy) is 1. The second-order valence-electron chi connectivity index (χ2n) is 6.11. The van der Waals surface area contributed by atoms with Gasteiger partial charge in [-0.25, -0.2) is 9.78 Å². The zero-order valence-electron chi connectivity index (χ0n) is 15.3. The normalized spacial score (nSPS) is 11.6. The maximum atomic E-state index is 12.0. The molecule has 6 heteroatoms. The van der Waals surface area contributed by atoms with Crippen LogP contribution in [0.15, 0.2) is 66.9 Å². The van der Waals surface area contributed by atoms with Crippen molar-refractivity contribution in [2.45, 2.75) is 19.4 Å². The van der Waals surface area contributed by atoms with E-state index in [0.29, 0.717) is 5.69 Å². The number of carbonyl (C=O) groups is 2. The van der Waals surface area contributed by atoms with E-state index in [9.17, 15) is 9.59 Å². The Bertz CT molecular complexity index is 863. The van der Waals surface area contributed by atoms with Gasteiger partial charge in [0, 0.05) is 30.8 Å². The third kappa shape index (κ3) is 4.41. The number of amides is 1. The highest BCUT2D eigenvalue weighted by Crippen LogP contribution is 2.23. The first kappa shape index (κ1) is 18.4. The lowest BCUT2D eigenvalue weighted by atomic mass is 10.1. The molecule has 27 heavy (non-hydrogen) atoms. The van der Waals surface area contributed by atoms with E-state index in [1.54, 1.807) is 0 Å². The van der Waals surface area contributed by atoms with Crippen LogP contribution in [0, 0.1) is 0 Å². The van der Waals surface area contributed by atoms with Crippen LogP contribution in [0.4, 0.5) is 0 Å². The van der Waals surface area contributed by atoms with Crippen LogP contribution in [-0.2, 0) is 20.7 Å². The Balaban J connectivity index is 2.01. The highest BCUT2D eigenvalue weighted by Gasteiger charge is 2.23. The predicted molar refractivity (Wildman–Crippen MR) is 102 cm³/mol. The molecule has 2 aromatic carbocycles. The smallest absolute Gasteiger partial charge is 0.328 e. The Kier molecular flexibility index (Phi) is 5.66. The van der Waals surface area contributed by atoms with Gasteiger partial charge in [0.05, 0.1) is 12.8 Å². The molecule has 0 aliphatic rings. The van der Waals surface area contributed by atoms with Gasteiger partial charge in [0.2, 0.25) is 5.91 Å². The highest BCUT2D eigenvalue weighted by atomic mass is 16.5. The van der Waals surface area contributed by atoms with Crippen LogP contribution in [0.25, 0.3) is 17.1 Å². The van der Waals surface area contributed by atoms with Gasteiger partial charge in [0.15, 0.2) is 0 Å². The number of aromatic nitrogens is 2. The molecule has 0 saturated heterocycles. The number of carbonyl (C=O) groups excluding carboxylic acids is 2. The molecule has 1 atom stereocenters. The molecular formula is C21H21N3O3. The molecule has 0 radical (unpaired) electrons. The number of rotatable bonds is 6. The molecule has 1 heterocycles. The summed E-state index contributed by atoms with van der Waals surface area (Å²) in [6.07, 6.45) is 2.13. The van der Waals surface area contributed by atoms with Crippen molar-refractivity contribution in [1.82, 2.24) is 14.9 Å². The van der Waals surface area contributed by atoms with Crippen molar-refractivity contribution in [3.63, 3.8) is 0 Å². The molecule has 1 aromatic heterocycles. The number of para-hydroxylation sites is 1. The van der Waals surface area contributed by atoms with Crippen LogP contribution >= 0.6 is 0 Å². The first-order valence-corrected chi connectivity index (χ1v) is 8.62. The van der Waals surface area contributed by atoms with Crippen LogP contribution < -0.4 is 5.32 Å². The van der Waals surface area contributed by atoms with Crippen molar-refractivity contribution in [2.24, 2.45) is 0 Å². The van der Waals surface area contributed by atoms with Gasteiger partial charge in [-0.2, -0.15) is 0 Å². The van der Waals surface area contributed by atoms with Crippen LogP contribution in [-0.4, -0.2) is 34.6 Å². The first-order valence-electron chi connectivity index (χ1n) is 8.62. The maximum Gasteiger partial charge on any atom is 0.328 e. The minimum Gasteiger partial charge on any atom is -0.467 e. The Hall–Kier alpha value is -3.41. The number of methoxy groups -OCH3 is 1. The van der Waals surface area contributed by atoms with Crippen LogP contribution in [0.5, 0.6) is 0 Å². The molecule has 0 spiro atoms. The summed E-state index contributed by atoms with van der Waals surface area (Å²) < 4.78 is 6.78. The average molecular weight is 363 g/mol. The van der Waals surface area contributed by atoms with Crippen LogP contribution in [0.1, 0.15) is 12.6 Å². The summed E-state index contributed by atoms with van der Waals surface area (Å²) in [6, 6.07) is 18.9. The third-order valence-corrected chi connectivity index (χ3v) is 4.10. The third-order valence-electron chi connectivity index (χ3n) is 4.10. The number of nitrogens with zero attached hydrogens (tertiary/aromatic N) is 2.